The van der Waals surface area contributed by atoms with Gasteiger partial charge in [-0.3, -0.25) is 19.5 Å². The van der Waals surface area contributed by atoms with Crippen molar-refractivity contribution in [1.29, 1.82) is 0 Å². The standard InChI is InChI=1S/C14H15N3O4/c1-3-15-8-7-13(18)16(14(15)19)9-11-5-4-6-12(10(11)2)17(20)21/h4-8H,3,9H2,1-2H3. The SMILES string of the molecule is CCn1ccc(=O)n(Cc2cccc([N+](=O)[O-])c2C)c1=O. The van der Waals surface area contributed by atoms with Gasteiger partial charge in [-0.05, 0) is 19.4 Å². The summed E-state index contributed by atoms with van der Waals surface area (Å²) in [6.07, 6.45) is 1.45. The van der Waals surface area contributed by atoms with Crippen LogP contribution in [0.4, 0.5) is 5.69 Å². The molecule has 0 saturated heterocycles. The lowest BCUT2D eigenvalue weighted by molar-refractivity contribution is -0.385. The molecule has 7 nitrogen and oxygen atoms in total. The lowest BCUT2D eigenvalue weighted by Gasteiger charge is -2.10. The van der Waals surface area contributed by atoms with Gasteiger partial charge in [0.15, 0.2) is 0 Å². The van der Waals surface area contributed by atoms with E-state index in [-0.39, 0.29) is 12.2 Å². The molecular formula is C14H15N3O4. The number of aromatic nitrogens is 2. The van der Waals surface area contributed by atoms with E-state index in [1.54, 1.807) is 26.0 Å². The largest absolute Gasteiger partial charge is 0.331 e. The van der Waals surface area contributed by atoms with E-state index in [9.17, 15) is 19.7 Å². The van der Waals surface area contributed by atoms with Crippen LogP contribution in [-0.2, 0) is 13.1 Å². The van der Waals surface area contributed by atoms with Crippen LogP contribution in [0.15, 0.2) is 40.1 Å². The van der Waals surface area contributed by atoms with Crippen LogP contribution in [0.25, 0.3) is 0 Å². The van der Waals surface area contributed by atoms with Crippen LogP contribution in [0.5, 0.6) is 0 Å². The molecule has 0 atom stereocenters. The maximum Gasteiger partial charge on any atom is 0.331 e. The third-order valence-corrected chi connectivity index (χ3v) is 3.42. The zero-order valence-corrected chi connectivity index (χ0v) is 11.8. The summed E-state index contributed by atoms with van der Waals surface area (Å²) in [5.41, 5.74) is 0.178. The fourth-order valence-corrected chi connectivity index (χ4v) is 2.15. The number of nitro benzene ring substituents is 1. The summed E-state index contributed by atoms with van der Waals surface area (Å²) in [4.78, 5) is 34.5. The third-order valence-electron chi connectivity index (χ3n) is 3.42. The van der Waals surface area contributed by atoms with Crippen LogP contribution in [0.1, 0.15) is 18.1 Å². The van der Waals surface area contributed by atoms with Crippen molar-refractivity contribution in [3.8, 4) is 0 Å². The van der Waals surface area contributed by atoms with Crippen LogP contribution in [-0.4, -0.2) is 14.1 Å². The first-order valence-electron chi connectivity index (χ1n) is 6.49. The Morgan fingerprint density at radius 1 is 1.24 bits per heavy atom. The third kappa shape index (κ3) is 2.76. The second-order valence-corrected chi connectivity index (χ2v) is 4.63. The van der Waals surface area contributed by atoms with E-state index < -0.39 is 16.2 Å². The van der Waals surface area contributed by atoms with Crippen LogP contribution in [0.3, 0.4) is 0 Å². The number of rotatable bonds is 4. The predicted molar refractivity (Wildman–Crippen MR) is 77.6 cm³/mol. The quantitative estimate of drug-likeness (QED) is 0.627. The molecule has 7 heteroatoms. The van der Waals surface area contributed by atoms with Crippen molar-refractivity contribution in [3.63, 3.8) is 0 Å². The minimum atomic E-state index is -0.475. The highest BCUT2D eigenvalue weighted by Gasteiger charge is 2.14. The highest BCUT2D eigenvalue weighted by molar-refractivity contribution is 5.44. The summed E-state index contributed by atoms with van der Waals surface area (Å²) in [7, 11) is 0. The lowest BCUT2D eigenvalue weighted by Crippen LogP contribution is -2.39. The maximum atomic E-state index is 12.1. The summed E-state index contributed by atoms with van der Waals surface area (Å²) in [6, 6.07) is 5.94. The van der Waals surface area contributed by atoms with E-state index in [2.05, 4.69) is 0 Å². The molecule has 0 bridgehead atoms. The van der Waals surface area contributed by atoms with Gasteiger partial charge < -0.3 is 4.57 Å². The van der Waals surface area contributed by atoms with Crippen LogP contribution < -0.4 is 11.2 Å². The Balaban J connectivity index is 2.54. The summed E-state index contributed by atoms with van der Waals surface area (Å²) in [5, 5.41) is 10.9. The second-order valence-electron chi connectivity index (χ2n) is 4.63. The van der Waals surface area contributed by atoms with E-state index in [0.29, 0.717) is 17.7 Å². The van der Waals surface area contributed by atoms with Crippen molar-refractivity contribution < 1.29 is 4.92 Å². The smallest absolute Gasteiger partial charge is 0.301 e. The monoisotopic (exact) mass is 289 g/mol. The number of hydrogen-bond donors (Lipinski definition) is 0. The van der Waals surface area contributed by atoms with Gasteiger partial charge in [0, 0.05) is 30.4 Å². The molecular weight excluding hydrogens is 274 g/mol. The Morgan fingerprint density at radius 2 is 1.95 bits per heavy atom. The molecule has 0 amide bonds. The zero-order valence-electron chi connectivity index (χ0n) is 11.8. The minimum Gasteiger partial charge on any atom is -0.301 e. The molecule has 0 spiro atoms. The first kappa shape index (κ1) is 14.7. The second kappa shape index (κ2) is 5.74. The summed E-state index contributed by atoms with van der Waals surface area (Å²) in [5.74, 6) is 0. The molecule has 0 N–H and O–H groups in total. The lowest BCUT2D eigenvalue weighted by atomic mass is 10.1. The number of benzene rings is 1. The maximum absolute atomic E-state index is 12.1. The fraction of sp³-hybridized carbons (Fsp3) is 0.286. The molecule has 110 valence electrons. The van der Waals surface area contributed by atoms with Crippen molar-refractivity contribution >= 4 is 5.69 Å². The Hall–Kier alpha value is -2.70. The average molecular weight is 289 g/mol. The van der Waals surface area contributed by atoms with Crippen molar-refractivity contribution in [2.24, 2.45) is 0 Å². The number of nitro groups is 1. The van der Waals surface area contributed by atoms with Gasteiger partial charge >= 0.3 is 5.69 Å². The van der Waals surface area contributed by atoms with E-state index in [1.165, 1.54) is 22.9 Å². The number of nitrogens with zero attached hydrogens (tertiary/aromatic N) is 3. The highest BCUT2D eigenvalue weighted by atomic mass is 16.6. The van der Waals surface area contributed by atoms with Gasteiger partial charge in [-0.1, -0.05) is 12.1 Å². The van der Waals surface area contributed by atoms with Gasteiger partial charge in [-0.15, -0.1) is 0 Å². The van der Waals surface area contributed by atoms with Crippen molar-refractivity contribution in [1.82, 2.24) is 9.13 Å². The Labute approximate surface area is 120 Å². The van der Waals surface area contributed by atoms with E-state index in [1.807, 2.05) is 0 Å². The Kier molecular flexibility index (Phi) is 4.02. The van der Waals surface area contributed by atoms with E-state index in [0.717, 1.165) is 4.57 Å². The number of hydrogen-bond acceptors (Lipinski definition) is 4. The average Bonchev–Trinajstić information content (AvgIpc) is 2.45. The molecule has 0 aliphatic rings. The first-order valence-corrected chi connectivity index (χ1v) is 6.49. The molecule has 0 aliphatic carbocycles. The molecule has 0 saturated carbocycles. The highest BCUT2D eigenvalue weighted by Crippen LogP contribution is 2.21. The molecule has 2 aromatic rings. The molecule has 21 heavy (non-hydrogen) atoms. The fourth-order valence-electron chi connectivity index (χ4n) is 2.15. The zero-order chi connectivity index (χ0) is 15.6. The van der Waals surface area contributed by atoms with Gasteiger partial charge in [0.1, 0.15) is 0 Å². The minimum absolute atomic E-state index is 0.0199. The summed E-state index contributed by atoms with van der Waals surface area (Å²) >= 11 is 0. The number of aryl methyl sites for hydroxylation is 1. The van der Waals surface area contributed by atoms with Gasteiger partial charge in [-0.2, -0.15) is 0 Å². The molecule has 0 radical (unpaired) electrons. The molecule has 1 aromatic heterocycles. The molecule has 0 aliphatic heterocycles. The van der Waals surface area contributed by atoms with Gasteiger partial charge in [0.05, 0.1) is 11.5 Å². The molecule has 0 fully saturated rings. The van der Waals surface area contributed by atoms with E-state index in [4.69, 9.17) is 0 Å². The Bertz CT molecular complexity index is 805. The summed E-state index contributed by atoms with van der Waals surface area (Å²) < 4.78 is 2.49. The van der Waals surface area contributed by atoms with E-state index >= 15 is 0 Å². The van der Waals surface area contributed by atoms with Crippen LogP contribution >= 0.6 is 0 Å². The topological polar surface area (TPSA) is 87.1 Å². The molecule has 0 unspecified atom stereocenters. The van der Waals surface area contributed by atoms with Gasteiger partial charge in [0.25, 0.3) is 11.2 Å². The van der Waals surface area contributed by atoms with Crippen molar-refractivity contribution in [3.05, 3.63) is 72.5 Å². The first-order chi connectivity index (χ1) is 9.95. The molecule has 1 heterocycles. The predicted octanol–water partition coefficient (Wildman–Crippen LogP) is 1.29. The molecule has 1 aromatic carbocycles. The van der Waals surface area contributed by atoms with Gasteiger partial charge in [-0.25, -0.2) is 4.79 Å². The Morgan fingerprint density at radius 3 is 2.57 bits per heavy atom. The van der Waals surface area contributed by atoms with Crippen LogP contribution in [0.2, 0.25) is 0 Å². The molecule has 2 rings (SSSR count). The van der Waals surface area contributed by atoms with Gasteiger partial charge in [0.2, 0.25) is 0 Å². The summed E-state index contributed by atoms with van der Waals surface area (Å²) in [6.45, 7) is 3.88. The normalized spacial score (nSPS) is 10.6. The van der Waals surface area contributed by atoms with Crippen molar-refractivity contribution in [2.75, 3.05) is 0 Å². The van der Waals surface area contributed by atoms with Crippen molar-refractivity contribution in [2.45, 2.75) is 26.9 Å². The van der Waals surface area contributed by atoms with Crippen LogP contribution in [0, 0.1) is 17.0 Å².